The van der Waals surface area contributed by atoms with Gasteiger partial charge in [0.1, 0.15) is 0 Å². The number of aliphatic imine (C=N–C) groups is 1. The molecule has 0 saturated carbocycles. The molecule has 0 atom stereocenters. The number of H-pyrrole nitrogens is 1. The van der Waals surface area contributed by atoms with Gasteiger partial charge in [-0.1, -0.05) is 18.2 Å². The molecule has 0 radical (unpaired) electrons. The quantitative estimate of drug-likeness (QED) is 0.203. The van der Waals surface area contributed by atoms with Crippen molar-refractivity contribution in [1.29, 1.82) is 0 Å². The van der Waals surface area contributed by atoms with E-state index in [0.717, 1.165) is 18.5 Å². The molecule has 1 aromatic carbocycles. The number of carbonyl (C=O) groups is 1. The van der Waals surface area contributed by atoms with Crippen LogP contribution >= 0.6 is 24.0 Å². The first-order valence-electron chi connectivity index (χ1n) is 8.42. The molecule has 2 aromatic rings. The highest BCUT2D eigenvalue weighted by Crippen LogP contribution is 2.21. The summed E-state index contributed by atoms with van der Waals surface area (Å²) in [6.07, 6.45) is 0.872. The summed E-state index contributed by atoms with van der Waals surface area (Å²) in [7, 11) is 3.29. The van der Waals surface area contributed by atoms with Gasteiger partial charge in [-0.15, -0.1) is 24.0 Å². The van der Waals surface area contributed by atoms with Gasteiger partial charge in [-0.05, 0) is 25.0 Å². The van der Waals surface area contributed by atoms with E-state index in [-0.39, 0.29) is 36.4 Å². The molecule has 0 unspecified atom stereocenters. The number of methoxy groups -OCH3 is 1. The Kier molecular flexibility index (Phi) is 10.0. The molecule has 8 heteroatoms. The van der Waals surface area contributed by atoms with Crippen molar-refractivity contribution in [1.82, 2.24) is 20.9 Å². The van der Waals surface area contributed by atoms with Gasteiger partial charge >= 0.3 is 0 Å². The molecule has 0 fully saturated rings. The van der Waals surface area contributed by atoms with Crippen molar-refractivity contribution in [2.75, 3.05) is 40.4 Å². The largest absolute Gasteiger partial charge is 0.383 e. The molecule has 2 rings (SSSR count). The SMILES string of the molecule is CN=C(NCCc1c(C)[nH]c2ccccc12)NCC(=O)NCCOC.I. The van der Waals surface area contributed by atoms with Crippen LogP contribution in [0.2, 0.25) is 0 Å². The van der Waals surface area contributed by atoms with Crippen LogP contribution in [0.4, 0.5) is 0 Å². The Morgan fingerprint density at radius 1 is 1.19 bits per heavy atom. The summed E-state index contributed by atoms with van der Waals surface area (Å²) in [6.45, 7) is 4.00. The first-order valence-corrected chi connectivity index (χ1v) is 8.42. The molecular weight excluding hydrogens is 445 g/mol. The van der Waals surface area contributed by atoms with Crippen molar-refractivity contribution in [3.8, 4) is 0 Å². The molecule has 4 N–H and O–H groups in total. The number of fused-ring (bicyclic) bond motifs is 1. The molecule has 0 bridgehead atoms. The minimum absolute atomic E-state index is 0. The smallest absolute Gasteiger partial charge is 0.239 e. The number of hydrogen-bond donors (Lipinski definition) is 4. The van der Waals surface area contributed by atoms with Crippen LogP contribution in [0.5, 0.6) is 0 Å². The van der Waals surface area contributed by atoms with Gasteiger partial charge < -0.3 is 25.7 Å². The zero-order valence-corrected chi connectivity index (χ0v) is 17.8. The second-order valence-corrected chi connectivity index (χ2v) is 5.72. The van der Waals surface area contributed by atoms with Gasteiger partial charge in [0.2, 0.25) is 5.91 Å². The Bertz CT molecular complexity index is 729. The van der Waals surface area contributed by atoms with Crippen molar-refractivity contribution >= 4 is 46.7 Å². The van der Waals surface area contributed by atoms with Crippen LogP contribution in [0.15, 0.2) is 29.3 Å². The lowest BCUT2D eigenvalue weighted by atomic mass is 10.1. The monoisotopic (exact) mass is 473 g/mol. The molecule has 0 aliphatic rings. The third-order valence-electron chi connectivity index (χ3n) is 3.96. The zero-order valence-electron chi connectivity index (χ0n) is 15.5. The Morgan fingerprint density at radius 2 is 1.96 bits per heavy atom. The fourth-order valence-electron chi connectivity index (χ4n) is 2.70. The fraction of sp³-hybridized carbons (Fsp3) is 0.444. The van der Waals surface area contributed by atoms with Gasteiger partial charge in [0.05, 0.1) is 13.2 Å². The number of nitrogens with zero attached hydrogens (tertiary/aromatic N) is 1. The molecule has 1 amide bonds. The lowest BCUT2D eigenvalue weighted by Gasteiger charge is -2.12. The third kappa shape index (κ3) is 6.49. The molecule has 144 valence electrons. The van der Waals surface area contributed by atoms with Crippen LogP contribution < -0.4 is 16.0 Å². The Labute approximate surface area is 171 Å². The van der Waals surface area contributed by atoms with Gasteiger partial charge in [-0.2, -0.15) is 0 Å². The minimum Gasteiger partial charge on any atom is -0.383 e. The molecule has 0 aliphatic carbocycles. The maximum Gasteiger partial charge on any atom is 0.239 e. The number of guanidine groups is 1. The predicted molar refractivity (Wildman–Crippen MR) is 116 cm³/mol. The number of hydrogen-bond acceptors (Lipinski definition) is 3. The summed E-state index contributed by atoms with van der Waals surface area (Å²) < 4.78 is 4.89. The van der Waals surface area contributed by atoms with E-state index in [1.165, 1.54) is 16.6 Å². The van der Waals surface area contributed by atoms with Gasteiger partial charge in [-0.25, -0.2) is 0 Å². The number of aromatic amines is 1. The maximum absolute atomic E-state index is 11.7. The average Bonchev–Trinajstić information content (AvgIpc) is 2.93. The predicted octanol–water partition coefficient (Wildman–Crippen LogP) is 1.56. The maximum atomic E-state index is 11.7. The highest BCUT2D eigenvalue weighted by molar-refractivity contribution is 14.0. The molecule has 26 heavy (non-hydrogen) atoms. The van der Waals surface area contributed by atoms with Crippen molar-refractivity contribution in [2.24, 2.45) is 4.99 Å². The van der Waals surface area contributed by atoms with Gasteiger partial charge in [0.15, 0.2) is 5.96 Å². The molecule has 1 heterocycles. The first kappa shape index (κ1) is 22.2. The first-order chi connectivity index (χ1) is 12.2. The highest BCUT2D eigenvalue weighted by atomic mass is 127. The Morgan fingerprint density at radius 3 is 2.69 bits per heavy atom. The van der Waals surface area contributed by atoms with E-state index < -0.39 is 0 Å². The second kappa shape index (κ2) is 11.7. The molecule has 0 spiro atoms. The van der Waals surface area contributed by atoms with Crippen LogP contribution in [-0.2, 0) is 16.0 Å². The van der Waals surface area contributed by atoms with Crippen LogP contribution in [0.25, 0.3) is 10.9 Å². The van der Waals surface area contributed by atoms with Crippen LogP contribution in [0.1, 0.15) is 11.3 Å². The van der Waals surface area contributed by atoms with E-state index in [0.29, 0.717) is 19.1 Å². The zero-order chi connectivity index (χ0) is 18.1. The number of aromatic nitrogens is 1. The van der Waals surface area contributed by atoms with Gasteiger partial charge in [-0.3, -0.25) is 9.79 Å². The van der Waals surface area contributed by atoms with E-state index in [1.54, 1.807) is 14.2 Å². The molecule has 0 aliphatic heterocycles. The number of rotatable bonds is 8. The number of halogens is 1. The fourth-order valence-corrected chi connectivity index (χ4v) is 2.70. The van der Waals surface area contributed by atoms with E-state index in [1.807, 2.05) is 6.07 Å². The lowest BCUT2D eigenvalue weighted by Crippen LogP contribution is -2.44. The van der Waals surface area contributed by atoms with E-state index in [2.05, 4.69) is 51.0 Å². The summed E-state index contributed by atoms with van der Waals surface area (Å²) in [4.78, 5) is 19.2. The number of amides is 1. The normalized spacial score (nSPS) is 11.1. The summed E-state index contributed by atoms with van der Waals surface area (Å²) in [5.41, 5.74) is 3.64. The van der Waals surface area contributed by atoms with Crippen LogP contribution in [0.3, 0.4) is 0 Å². The summed E-state index contributed by atoms with van der Waals surface area (Å²) in [5.74, 6) is 0.520. The number of carbonyl (C=O) groups excluding carboxylic acids is 1. The topological polar surface area (TPSA) is 90.5 Å². The molecule has 1 aromatic heterocycles. The lowest BCUT2D eigenvalue weighted by molar-refractivity contribution is -0.120. The summed E-state index contributed by atoms with van der Waals surface area (Å²) in [6, 6.07) is 8.30. The second-order valence-electron chi connectivity index (χ2n) is 5.72. The summed E-state index contributed by atoms with van der Waals surface area (Å²) in [5, 5.41) is 10.3. The Balaban J connectivity index is 0.00000338. The van der Waals surface area contributed by atoms with Gasteiger partial charge in [0, 0.05) is 43.8 Å². The number of benzene rings is 1. The van der Waals surface area contributed by atoms with Crippen molar-refractivity contribution < 1.29 is 9.53 Å². The standard InChI is InChI=1S/C18H27N5O2.HI/c1-13-14(15-6-4-5-7-16(15)23-13)8-9-21-18(19-2)22-12-17(24)20-10-11-25-3;/h4-7,23H,8-12H2,1-3H3,(H,20,24)(H2,19,21,22);1H. The summed E-state index contributed by atoms with van der Waals surface area (Å²) >= 11 is 0. The minimum atomic E-state index is -0.0903. The number of ether oxygens (including phenoxy) is 1. The molecule has 7 nitrogen and oxygen atoms in total. The third-order valence-corrected chi connectivity index (χ3v) is 3.96. The van der Waals surface area contributed by atoms with E-state index in [4.69, 9.17) is 4.74 Å². The number of nitrogens with one attached hydrogen (secondary N) is 4. The Hall–Kier alpha value is -1.81. The molecular formula is C18H28IN5O2. The van der Waals surface area contributed by atoms with E-state index in [9.17, 15) is 4.79 Å². The van der Waals surface area contributed by atoms with Crippen LogP contribution in [-0.4, -0.2) is 57.2 Å². The number of para-hydroxylation sites is 1. The highest BCUT2D eigenvalue weighted by Gasteiger charge is 2.08. The van der Waals surface area contributed by atoms with Crippen molar-refractivity contribution in [3.63, 3.8) is 0 Å². The number of aryl methyl sites for hydroxylation is 1. The average molecular weight is 473 g/mol. The van der Waals surface area contributed by atoms with Gasteiger partial charge in [0.25, 0.3) is 0 Å². The van der Waals surface area contributed by atoms with Crippen LogP contribution in [0, 0.1) is 6.92 Å². The van der Waals surface area contributed by atoms with Crippen molar-refractivity contribution in [2.45, 2.75) is 13.3 Å². The van der Waals surface area contributed by atoms with E-state index >= 15 is 0 Å². The molecule has 0 saturated heterocycles. The van der Waals surface area contributed by atoms with Crippen molar-refractivity contribution in [3.05, 3.63) is 35.5 Å².